The first-order valence-electron chi connectivity index (χ1n) is 7.00. The van der Waals surface area contributed by atoms with Gasteiger partial charge in [0.05, 0.1) is 11.4 Å². The van der Waals surface area contributed by atoms with E-state index in [0.717, 1.165) is 22.7 Å². The molecule has 2 aromatic rings. The highest BCUT2D eigenvalue weighted by atomic mass is 32.2. The minimum absolute atomic E-state index is 0.659. The fourth-order valence-corrected chi connectivity index (χ4v) is 2.56. The van der Waals surface area contributed by atoms with Crippen LogP contribution >= 0.6 is 24.0 Å². The molecular weight excluding hydrogens is 310 g/mol. The maximum Gasteiger partial charge on any atom is 0.154 e. The van der Waals surface area contributed by atoms with Crippen LogP contribution in [0.1, 0.15) is 29.3 Å². The molecule has 0 spiro atoms. The molecule has 0 fully saturated rings. The largest absolute Gasteiger partial charge is 0.262 e. The normalized spacial score (nSPS) is 11.3. The van der Waals surface area contributed by atoms with Crippen molar-refractivity contribution in [1.29, 1.82) is 0 Å². The Kier molecular flexibility index (Phi) is 6.10. The van der Waals surface area contributed by atoms with Gasteiger partial charge in [0.25, 0.3) is 0 Å². The molecule has 22 heavy (non-hydrogen) atoms. The van der Waals surface area contributed by atoms with Gasteiger partial charge in [-0.3, -0.25) is 10.4 Å². The van der Waals surface area contributed by atoms with Gasteiger partial charge in [-0.05, 0) is 38.0 Å². The molecule has 0 amide bonds. The summed E-state index contributed by atoms with van der Waals surface area (Å²) < 4.78 is 0.659. The highest BCUT2D eigenvalue weighted by Gasteiger charge is 2.01. The molecule has 2 rings (SSSR count). The van der Waals surface area contributed by atoms with Gasteiger partial charge in [0.2, 0.25) is 0 Å². The maximum absolute atomic E-state index is 5.29. The molecule has 1 N–H and O–H groups in total. The third-order valence-electron chi connectivity index (χ3n) is 3.09. The van der Waals surface area contributed by atoms with E-state index in [2.05, 4.69) is 46.7 Å². The number of pyridine rings is 1. The minimum Gasteiger partial charge on any atom is -0.262 e. The van der Waals surface area contributed by atoms with Crippen molar-refractivity contribution in [3.05, 3.63) is 65.0 Å². The van der Waals surface area contributed by atoms with Gasteiger partial charge in [-0.2, -0.15) is 5.10 Å². The lowest BCUT2D eigenvalue weighted by Crippen LogP contribution is -2.14. The minimum atomic E-state index is 0.659. The number of aromatic nitrogens is 1. The Morgan fingerprint density at radius 3 is 2.45 bits per heavy atom. The van der Waals surface area contributed by atoms with Crippen molar-refractivity contribution in [2.24, 2.45) is 5.10 Å². The Morgan fingerprint density at radius 1 is 1.14 bits per heavy atom. The summed E-state index contributed by atoms with van der Waals surface area (Å²) in [5.41, 5.74) is 8.24. The van der Waals surface area contributed by atoms with Crippen molar-refractivity contribution in [1.82, 2.24) is 10.4 Å². The molecule has 114 valence electrons. The summed E-state index contributed by atoms with van der Waals surface area (Å²) in [6.45, 7) is 6.01. The number of rotatable bonds is 4. The molecule has 0 saturated carbocycles. The molecule has 5 heteroatoms. The van der Waals surface area contributed by atoms with Gasteiger partial charge in [0.15, 0.2) is 4.32 Å². The summed E-state index contributed by atoms with van der Waals surface area (Å²) in [7, 11) is 0. The number of thiocarbonyl (C=S) groups is 1. The molecule has 3 nitrogen and oxygen atoms in total. The van der Waals surface area contributed by atoms with Crippen molar-refractivity contribution >= 4 is 34.0 Å². The molecule has 0 unspecified atom stereocenters. The van der Waals surface area contributed by atoms with E-state index in [4.69, 9.17) is 12.2 Å². The zero-order valence-electron chi connectivity index (χ0n) is 13.0. The molecule has 0 bridgehead atoms. The van der Waals surface area contributed by atoms with Crippen LogP contribution in [0.4, 0.5) is 0 Å². The van der Waals surface area contributed by atoms with Crippen LogP contribution in [-0.4, -0.2) is 15.0 Å². The zero-order valence-corrected chi connectivity index (χ0v) is 14.6. The van der Waals surface area contributed by atoms with Gasteiger partial charge >= 0.3 is 0 Å². The lowest BCUT2D eigenvalue weighted by Gasteiger charge is -2.05. The predicted molar refractivity (Wildman–Crippen MR) is 99.4 cm³/mol. The monoisotopic (exact) mass is 329 g/mol. The lowest BCUT2D eigenvalue weighted by molar-refractivity contribution is 1.05. The van der Waals surface area contributed by atoms with E-state index in [1.54, 1.807) is 11.8 Å². The van der Waals surface area contributed by atoms with Crippen LogP contribution in [0.25, 0.3) is 0 Å². The van der Waals surface area contributed by atoms with Crippen molar-refractivity contribution < 1.29 is 0 Å². The third kappa shape index (κ3) is 5.24. The van der Waals surface area contributed by atoms with Crippen LogP contribution in [0.2, 0.25) is 0 Å². The first-order valence-corrected chi connectivity index (χ1v) is 8.39. The van der Waals surface area contributed by atoms with Gasteiger partial charge in [0.1, 0.15) is 0 Å². The smallest absolute Gasteiger partial charge is 0.154 e. The molecule has 1 aromatic heterocycles. The Balaban J connectivity index is 1.85. The van der Waals surface area contributed by atoms with E-state index in [0.29, 0.717) is 4.32 Å². The third-order valence-corrected chi connectivity index (χ3v) is 4.36. The van der Waals surface area contributed by atoms with E-state index in [1.165, 1.54) is 11.1 Å². The summed E-state index contributed by atoms with van der Waals surface area (Å²) in [4.78, 5) is 4.34. The Labute approximate surface area is 141 Å². The average molecular weight is 329 g/mol. The van der Waals surface area contributed by atoms with Crippen molar-refractivity contribution in [2.45, 2.75) is 26.5 Å². The van der Waals surface area contributed by atoms with E-state index in [-0.39, 0.29) is 0 Å². The lowest BCUT2D eigenvalue weighted by atomic mass is 10.2. The fourth-order valence-electron chi connectivity index (χ4n) is 1.73. The molecule has 0 aliphatic heterocycles. The first-order chi connectivity index (χ1) is 10.5. The second-order valence-electron chi connectivity index (χ2n) is 5.09. The molecular formula is C17H19N3S2. The number of hydrogen-bond donors (Lipinski definition) is 1. The van der Waals surface area contributed by atoms with Gasteiger partial charge in [0, 0.05) is 11.9 Å². The first kappa shape index (κ1) is 16.6. The number of benzene rings is 1. The highest BCUT2D eigenvalue weighted by Crippen LogP contribution is 2.13. The van der Waals surface area contributed by atoms with Crippen molar-refractivity contribution in [3.63, 3.8) is 0 Å². The van der Waals surface area contributed by atoms with Gasteiger partial charge in [-0.1, -0.05) is 59.9 Å². The summed E-state index contributed by atoms with van der Waals surface area (Å²) in [6, 6.07) is 12.4. The number of nitrogens with zero attached hydrogens (tertiary/aromatic N) is 2. The molecule has 1 aromatic carbocycles. The van der Waals surface area contributed by atoms with Crippen LogP contribution in [0.3, 0.4) is 0 Å². The SMILES string of the molecule is C/C(=N/NC(=S)SCc1ccc(C)cc1)c1ccc(C)cn1. The maximum atomic E-state index is 5.29. The number of thioether (sulfide) groups is 1. The molecule has 0 aliphatic carbocycles. The quantitative estimate of drug-likeness (QED) is 0.517. The second-order valence-corrected chi connectivity index (χ2v) is 6.74. The Bertz CT molecular complexity index is 661. The number of hydrazone groups is 1. The van der Waals surface area contributed by atoms with E-state index < -0.39 is 0 Å². The van der Waals surface area contributed by atoms with E-state index in [1.807, 2.05) is 32.2 Å². The van der Waals surface area contributed by atoms with E-state index >= 15 is 0 Å². The molecule has 0 aliphatic rings. The summed E-state index contributed by atoms with van der Waals surface area (Å²) >= 11 is 6.86. The fraction of sp³-hybridized carbons (Fsp3) is 0.235. The molecule has 0 radical (unpaired) electrons. The Hall–Kier alpha value is -1.72. The van der Waals surface area contributed by atoms with E-state index in [9.17, 15) is 0 Å². The summed E-state index contributed by atoms with van der Waals surface area (Å²) in [5, 5.41) is 4.29. The topological polar surface area (TPSA) is 37.3 Å². The van der Waals surface area contributed by atoms with Crippen LogP contribution in [0.15, 0.2) is 47.7 Å². The number of nitrogens with one attached hydrogen (secondary N) is 1. The van der Waals surface area contributed by atoms with Crippen LogP contribution in [0, 0.1) is 13.8 Å². The molecule has 0 saturated heterocycles. The Morgan fingerprint density at radius 2 is 1.82 bits per heavy atom. The van der Waals surface area contributed by atoms with Gasteiger partial charge in [-0.25, -0.2) is 0 Å². The van der Waals surface area contributed by atoms with Crippen LogP contribution in [-0.2, 0) is 5.75 Å². The van der Waals surface area contributed by atoms with Gasteiger partial charge in [-0.15, -0.1) is 0 Å². The van der Waals surface area contributed by atoms with Gasteiger partial charge < -0.3 is 0 Å². The average Bonchev–Trinajstić information content (AvgIpc) is 2.52. The zero-order chi connectivity index (χ0) is 15.9. The molecule has 0 atom stereocenters. The number of aryl methyl sites for hydroxylation is 2. The van der Waals surface area contributed by atoms with Crippen molar-refractivity contribution in [3.8, 4) is 0 Å². The van der Waals surface area contributed by atoms with Crippen molar-refractivity contribution in [2.75, 3.05) is 0 Å². The standard InChI is InChI=1S/C17H19N3S2/c1-12-4-7-15(8-5-12)11-22-17(21)20-19-14(3)16-9-6-13(2)10-18-16/h4-10H,11H2,1-3H3,(H,20,21)/b19-14-. The predicted octanol–water partition coefficient (Wildman–Crippen LogP) is 4.23. The molecule has 1 heterocycles. The highest BCUT2D eigenvalue weighted by molar-refractivity contribution is 8.22. The summed E-state index contributed by atoms with van der Waals surface area (Å²) in [6.07, 6.45) is 1.83. The number of hydrogen-bond acceptors (Lipinski definition) is 4. The van der Waals surface area contributed by atoms with Crippen LogP contribution < -0.4 is 5.43 Å². The second kappa shape index (κ2) is 8.06. The summed E-state index contributed by atoms with van der Waals surface area (Å²) in [5.74, 6) is 0.837. The van der Waals surface area contributed by atoms with Crippen LogP contribution in [0.5, 0.6) is 0 Å².